The Balaban J connectivity index is 2.38. The van der Waals surface area contributed by atoms with Crippen LogP contribution in [0.3, 0.4) is 0 Å². The Morgan fingerprint density at radius 2 is 1.42 bits per heavy atom. The second-order valence-electron chi connectivity index (χ2n) is 10.3. The fourth-order valence-electron chi connectivity index (χ4n) is 4.72. The highest BCUT2D eigenvalue weighted by Crippen LogP contribution is 2.32. The summed E-state index contributed by atoms with van der Waals surface area (Å²) in [5, 5.41) is 0. The normalized spacial score (nSPS) is 18.8. The molecule has 1 saturated carbocycles. The molecule has 0 saturated heterocycles. The predicted molar refractivity (Wildman–Crippen MR) is 131 cm³/mol. The molecule has 0 spiro atoms. The van der Waals surface area contributed by atoms with E-state index in [1.807, 2.05) is 0 Å². The highest BCUT2D eigenvalue weighted by Gasteiger charge is 2.28. The Morgan fingerprint density at radius 3 is 1.96 bits per heavy atom. The fraction of sp³-hybridized carbons (Fsp3) is 1.00. The van der Waals surface area contributed by atoms with Crippen molar-refractivity contribution >= 4 is 30.9 Å². The van der Waals surface area contributed by atoms with Gasteiger partial charge in [-0.25, -0.2) is 0 Å². The lowest BCUT2D eigenvalue weighted by molar-refractivity contribution is 0.280. The van der Waals surface area contributed by atoms with Gasteiger partial charge in [0.05, 0.1) is 0 Å². The minimum atomic E-state index is -0.868. The zero-order valence-electron chi connectivity index (χ0n) is 18.5. The lowest BCUT2D eigenvalue weighted by Gasteiger charge is -2.34. The molecule has 0 amide bonds. The van der Waals surface area contributed by atoms with Crippen LogP contribution in [0.2, 0.25) is 25.7 Å². The maximum atomic E-state index is 3.79. The number of nitrogens with one attached hydrogen (secondary N) is 1. The molecule has 1 fully saturated rings. The van der Waals surface area contributed by atoms with Gasteiger partial charge in [-0.3, -0.25) is 3.53 Å². The van der Waals surface area contributed by atoms with Crippen molar-refractivity contribution in [3.8, 4) is 0 Å². The smallest absolute Gasteiger partial charge is 0.0442 e. The van der Waals surface area contributed by atoms with E-state index in [0.29, 0.717) is 5.54 Å². The van der Waals surface area contributed by atoms with Gasteiger partial charge in [-0.05, 0) is 25.2 Å². The first kappa shape index (κ1) is 24.9. The van der Waals surface area contributed by atoms with Crippen molar-refractivity contribution in [1.29, 1.82) is 0 Å². The average Bonchev–Trinajstić information content (AvgIpc) is 2.62. The Hall–Kier alpha value is 0.907. The lowest BCUT2D eigenvalue weighted by Crippen LogP contribution is -2.39. The first-order valence-electron chi connectivity index (χ1n) is 11.8. The van der Waals surface area contributed by atoms with Gasteiger partial charge in [0.15, 0.2) is 0 Å². The predicted octanol–water partition coefficient (Wildman–Crippen LogP) is 8.89. The van der Waals surface area contributed by atoms with Gasteiger partial charge in [0.2, 0.25) is 0 Å². The molecule has 156 valence electrons. The van der Waals surface area contributed by atoms with E-state index < -0.39 is 8.07 Å². The molecule has 0 bridgehead atoms. The van der Waals surface area contributed by atoms with Crippen LogP contribution in [0.1, 0.15) is 110 Å². The third-order valence-electron chi connectivity index (χ3n) is 6.53. The third kappa shape index (κ3) is 11.7. The summed E-state index contributed by atoms with van der Waals surface area (Å²) in [5.74, 6) is 1.06. The monoisotopic (exact) mass is 493 g/mol. The first-order chi connectivity index (χ1) is 12.4. The number of hydrogen-bond donors (Lipinski definition) is 1. The van der Waals surface area contributed by atoms with Gasteiger partial charge in [-0.15, -0.1) is 0 Å². The molecule has 0 heterocycles. The molecule has 3 heteroatoms. The van der Waals surface area contributed by atoms with Gasteiger partial charge >= 0.3 is 0 Å². The molecule has 1 unspecified atom stereocenters. The van der Waals surface area contributed by atoms with Crippen LogP contribution in [-0.2, 0) is 0 Å². The average molecular weight is 494 g/mol. The van der Waals surface area contributed by atoms with Crippen LogP contribution in [0.4, 0.5) is 0 Å². The quantitative estimate of drug-likeness (QED) is 0.104. The highest BCUT2D eigenvalue weighted by atomic mass is 127. The van der Waals surface area contributed by atoms with Crippen LogP contribution >= 0.6 is 22.9 Å². The zero-order chi connectivity index (χ0) is 19.3. The van der Waals surface area contributed by atoms with Crippen molar-refractivity contribution in [2.75, 3.05) is 0 Å². The van der Waals surface area contributed by atoms with Gasteiger partial charge in [0.1, 0.15) is 0 Å². The van der Waals surface area contributed by atoms with Crippen LogP contribution in [0.25, 0.3) is 0 Å². The molecule has 1 aliphatic carbocycles. The number of rotatable bonds is 15. The molecule has 0 aromatic heterocycles. The third-order valence-corrected chi connectivity index (χ3v) is 9.53. The summed E-state index contributed by atoms with van der Waals surface area (Å²) in [7, 11) is -0.868. The molecule has 0 aliphatic heterocycles. The number of hydrogen-bond acceptors (Lipinski definition) is 1. The van der Waals surface area contributed by atoms with Crippen molar-refractivity contribution in [3.05, 3.63) is 0 Å². The second kappa shape index (κ2) is 14.0. The van der Waals surface area contributed by atoms with E-state index in [-0.39, 0.29) is 0 Å². The van der Waals surface area contributed by atoms with Crippen LogP contribution in [0, 0.1) is 5.92 Å². The SMILES string of the molecule is CCCCCC(CCCCC1CCCCC1)(CCCC[Si](C)(C)C)NI. The van der Waals surface area contributed by atoms with Crippen molar-refractivity contribution in [2.45, 2.75) is 141 Å². The Kier molecular flexibility index (Phi) is 13.4. The minimum Gasteiger partial charge on any atom is -0.255 e. The van der Waals surface area contributed by atoms with Gasteiger partial charge in [0.25, 0.3) is 0 Å². The van der Waals surface area contributed by atoms with E-state index in [4.69, 9.17) is 0 Å². The van der Waals surface area contributed by atoms with E-state index in [1.165, 1.54) is 109 Å². The molecule has 1 atom stereocenters. The summed E-state index contributed by atoms with van der Waals surface area (Å²) >= 11 is 2.48. The maximum Gasteiger partial charge on any atom is 0.0442 e. The van der Waals surface area contributed by atoms with Crippen LogP contribution in [0.5, 0.6) is 0 Å². The van der Waals surface area contributed by atoms with Gasteiger partial charge < -0.3 is 0 Å². The Labute approximate surface area is 180 Å². The topological polar surface area (TPSA) is 12.0 Å². The van der Waals surface area contributed by atoms with Crippen LogP contribution in [0.15, 0.2) is 0 Å². The fourth-order valence-corrected chi connectivity index (χ4v) is 6.84. The first-order valence-corrected chi connectivity index (χ1v) is 16.6. The zero-order valence-corrected chi connectivity index (χ0v) is 21.6. The summed E-state index contributed by atoms with van der Waals surface area (Å²) in [6, 6.07) is 1.50. The highest BCUT2D eigenvalue weighted by molar-refractivity contribution is 14.1. The maximum absolute atomic E-state index is 3.79. The molecular formula is C23H48INSi. The van der Waals surface area contributed by atoms with Crippen LogP contribution < -0.4 is 3.53 Å². The van der Waals surface area contributed by atoms with Crippen molar-refractivity contribution in [2.24, 2.45) is 5.92 Å². The summed E-state index contributed by atoms with van der Waals surface area (Å²) in [6.07, 6.45) is 23.1. The van der Waals surface area contributed by atoms with Crippen molar-refractivity contribution < 1.29 is 0 Å². The van der Waals surface area contributed by atoms with E-state index in [0.717, 1.165) is 5.92 Å². The molecule has 26 heavy (non-hydrogen) atoms. The molecule has 1 aliphatic rings. The van der Waals surface area contributed by atoms with Gasteiger partial charge in [0, 0.05) is 36.5 Å². The molecule has 1 N–H and O–H groups in total. The van der Waals surface area contributed by atoms with E-state index >= 15 is 0 Å². The molecule has 0 aromatic rings. The Morgan fingerprint density at radius 1 is 0.846 bits per heavy atom. The molecule has 0 aromatic carbocycles. The second-order valence-corrected chi connectivity index (χ2v) is 16.5. The minimum absolute atomic E-state index is 0.418. The van der Waals surface area contributed by atoms with E-state index in [9.17, 15) is 0 Å². The van der Waals surface area contributed by atoms with Crippen molar-refractivity contribution in [3.63, 3.8) is 0 Å². The lowest BCUT2D eigenvalue weighted by atomic mass is 9.81. The molecule has 1 rings (SSSR count). The molecule has 0 radical (unpaired) electrons. The summed E-state index contributed by atoms with van der Waals surface area (Å²) in [4.78, 5) is 0. The molecular weight excluding hydrogens is 445 g/mol. The van der Waals surface area contributed by atoms with E-state index in [1.54, 1.807) is 0 Å². The standard InChI is InChI=1S/C23H48INSi/c1-5-6-11-18-23(25-24,20-13-14-21-26(2,3)4)19-12-10-17-22-15-8-7-9-16-22/h22,25H,5-21H2,1-4H3. The number of unbranched alkanes of at least 4 members (excludes halogenated alkanes) is 4. The van der Waals surface area contributed by atoms with Gasteiger partial charge in [-0.2, -0.15) is 0 Å². The Bertz CT molecular complexity index is 336. The molecule has 1 nitrogen and oxygen atoms in total. The number of halogens is 1. The largest absolute Gasteiger partial charge is 0.255 e. The summed E-state index contributed by atoms with van der Waals surface area (Å²) in [6.45, 7) is 9.88. The van der Waals surface area contributed by atoms with Gasteiger partial charge in [-0.1, -0.05) is 116 Å². The van der Waals surface area contributed by atoms with E-state index in [2.05, 4.69) is 53.0 Å². The van der Waals surface area contributed by atoms with Crippen LogP contribution in [-0.4, -0.2) is 13.6 Å². The summed E-state index contributed by atoms with van der Waals surface area (Å²) < 4.78 is 3.79. The van der Waals surface area contributed by atoms with Crippen molar-refractivity contribution in [1.82, 2.24) is 3.53 Å². The summed E-state index contributed by atoms with van der Waals surface area (Å²) in [5.41, 5.74) is 0.418.